The summed E-state index contributed by atoms with van der Waals surface area (Å²) in [4.78, 5) is 0. The van der Waals surface area contributed by atoms with Gasteiger partial charge in [0.2, 0.25) is 0 Å². The van der Waals surface area contributed by atoms with E-state index in [9.17, 15) is 0 Å². The van der Waals surface area contributed by atoms with Gasteiger partial charge in [0, 0.05) is 12.4 Å². The molecule has 1 unspecified atom stereocenters. The monoisotopic (exact) mass is 215 g/mol. The number of hydrogen-bond acceptors (Lipinski definition) is 2. The van der Waals surface area contributed by atoms with Gasteiger partial charge in [-0.2, -0.15) is 5.10 Å². The summed E-state index contributed by atoms with van der Waals surface area (Å²) in [6.45, 7) is 2.97. The topological polar surface area (TPSA) is 29.9 Å². The van der Waals surface area contributed by atoms with E-state index in [1.165, 1.54) is 11.1 Å². The van der Waals surface area contributed by atoms with Gasteiger partial charge in [-0.3, -0.25) is 4.68 Å². The molecule has 1 atom stereocenters. The van der Waals surface area contributed by atoms with Crippen molar-refractivity contribution in [1.29, 1.82) is 0 Å². The summed E-state index contributed by atoms with van der Waals surface area (Å²) in [5, 5.41) is 7.55. The lowest BCUT2D eigenvalue weighted by Gasteiger charge is -2.17. The molecule has 0 saturated heterocycles. The van der Waals surface area contributed by atoms with E-state index in [2.05, 4.69) is 41.6 Å². The Labute approximate surface area is 96.1 Å². The second kappa shape index (κ2) is 4.94. The van der Waals surface area contributed by atoms with Crippen molar-refractivity contribution in [3.8, 4) is 0 Å². The smallest absolute Gasteiger partial charge is 0.0604 e. The van der Waals surface area contributed by atoms with Gasteiger partial charge in [-0.05, 0) is 25.6 Å². The highest BCUT2D eigenvalue weighted by molar-refractivity contribution is 5.24. The average Bonchev–Trinajstić information content (AvgIpc) is 2.78. The lowest BCUT2D eigenvalue weighted by molar-refractivity contribution is 0.468. The van der Waals surface area contributed by atoms with Gasteiger partial charge < -0.3 is 5.32 Å². The molecule has 1 heterocycles. The highest BCUT2D eigenvalue weighted by atomic mass is 15.3. The molecular formula is C13H17N3. The molecule has 3 heteroatoms. The molecule has 0 spiro atoms. The molecule has 0 amide bonds. The van der Waals surface area contributed by atoms with Crippen LogP contribution in [-0.4, -0.2) is 16.8 Å². The summed E-state index contributed by atoms with van der Waals surface area (Å²) in [5.74, 6) is 0. The van der Waals surface area contributed by atoms with Crippen LogP contribution < -0.4 is 5.32 Å². The first-order valence-electron chi connectivity index (χ1n) is 5.51. The van der Waals surface area contributed by atoms with Crippen molar-refractivity contribution in [2.24, 2.45) is 0 Å². The van der Waals surface area contributed by atoms with E-state index >= 15 is 0 Å². The first-order chi connectivity index (χ1) is 7.79. The van der Waals surface area contributed by atoms with Crippen molar-refractivity contribution >= 4 is 0 Å². The molecule has 0 fully saturated rings. The Morgan fingerprint density at radius 1 is 1.38 bits per heavy atom. The second-order valence-electron chi connectivity index (χ2n) is 3.98. The Morgan fingerprint density at radius 2 is 2.25 bits per heavy atom. The summed E-state index contributed by atoms with van der Waals surface area (Å²) in [7, 11) is 1.98. The first-order valence-corrected chi connectivity index (χ1v) is 5.51. The van der Waals surface area contributed by atoms with Crippen LogP contribution in [0.4, 0.5) is 0 Å². The standard InChI is InChI=1S/C13H17N3/c1-11-5-3-6-12(9-11)13(14-2)10-16-8-4-7-15-16/h3-9,13-14H,10H2,1-2H3. The lowest BCUT2D eigenvalue weighted by atomic mass is 10.0. The van der Waals surface area contributed by atoms with Crippen molar-refractivity contribution in [2.45, 2.75) is 19.5 Å². The summed E-state index contributed by atoms with van der Waals surface area (Å²) in [5.41, 5.74) is 2.59. The highest BCUT2D eigenvalue weighted by Crippen LogP contribution is 2.15. The number of aryl methyl sites for hydroxylation is 1. The summed E-state index contributed by atoms with van der Waals surface area (Å²) < 4.78 is 1.95. The van der Waals surface area contributed by atoms with Crippen LogP contribution in [-0.2, 0) is 6.54 Å². The molecule has 2 aromatic rings. The molecule has 0 aliphatic carbocycles. The molecule has 0 saturated carbocycles. The van der Waals surface area contributed by atoms with Crippen molar-refractivity contribution in [3.05, 3.63) is 53.9 Å². The predicted octanol–water partition coefficient (Wildman–Crippen LogP) is 2.15. The fraction of sp³-hybridized carbons (Fsp3) is 0.308. The van der Waals surface area contributed by atoms with Crippen LogP contribution >= 0.6 is 0 Å². The van der Waals surface area contributed by atoms with Crippen LogP contribution in [0.1, 0.15) is 17.2 Å². The molecule has 1 aromatic heterocycles. The zero-order chi connectivity index (χ0) is 11.4. The summed E-state index contributed by atoms with van der Waals surface area (Å²) >= 11 is 0. The van der Waals surface area contributed by atoms with Gasteiger partial charge in [0.15, 0.2) is 0 Å². The molecule has 1 aromatic carbocycles. The van der Waals surface area contributed by atoms with Crippen molar-refractivity contribution in [2.75, 3.05) is 7.05 Å². The third kappa shape index (κ3) is 2.49. The first kappa shape index (κ1) is 10.9. The Balaban J connectivity index is 2.16. The maximum Gasteiger partial charge on any atom is 0.0604 e. The number of hydrogen-bond donors (Lipinski definition) is 1. The van der Waals surface area contributed by atoms with Gasteiger partial charge in [0.1, 0.15) is 0 Å². The number of aromatic nitrogens is 2. The van der Waals surface area contributed by atoms with Crippen LogP contribution in [0.5, 0.6) is 0 Å². The fourth-order valence-electron chi connectivity index (χ4n) is 1.85. The zero-order valence-corrected chi connectivity index (χ0v) is 9.72. The van der Waals surface area contributed by atoms with Crippen LogP contribution in [0.25, 0.3) is 0 Å². The summed E-state index contributed by atoms with van der Waals surface area (Å²) in [6, 6.07) is 10.8. The maximum absolute atomic E-state index is 4.23. The van der Waals surface area contributed by atoms with Crippen LogP contribution in [0, 0.1) is 6.92 Å². The number of rotatable bonds is 4. The second-order valence-corrected chi connectivity index (χ2v) is 3.98. The van der Waals surface area contributed by atoms with E-state index in [1.54, 1.807) is 0 Å². The minimum Gasteiger partial charge on any atom is -0.311 e. The molecular weight excluding hydrogens is 198 g/mol. The number of nitrogens with one attached hydrogen (secondary N) is 1. The SMILES string of the molecule is CNC(Cn1cccn1)c1cccc(C)c1. The van der Waals surface area contributed by atoms with E-state index in [0.29, 0.717) is 6.04 Å². The maximum atomic E-state index is 4.23. The van der Waals surface area contributed by atoms with Gasteiger partial charge in [-0.1, -0.05) is 29.8 Å². The Morgan fingerprint density at radius 3 is 2.88 bits per heavy atom. The fourth-order valence-corrected chi connectivity index (χ4v) is 1.85. The molecule has 0 aliphatic heterocycles. The highest BCUT2D eigenvalue weighted by Gasteiger charge is 2.09. The van der Waals surface area contributed by atoms with Gasteiger partial charge in [-0.15, -0.1) is 0 Å². The Hall–Kier alpha value is -1.61. The van der Waals surface area contributed by atoms with E-state index in [0.717, 1.165) is 6.54 Å². The molecule has 2 rings (SSSR count). The van der Waals surface area contributed by atoms with Crippen molar-refractivity contribution in [3.63, 3.8) is 0 Å². The van der Waals surface area contributed by atoms with E-state index in [1.807, 2.05) is 30.2 Å². The van der Waals surface area contributed by atoms with Crippen LogP contribution in [0.2, 0.25) is 0 Å². The minimum atomic E-state index is 0.305. The lowest BCUT2D eigenvalue weighted by Crippen LogP contribution is -2.22. The third-order valence-electron chi connectivity index (χ3n) is 2.72. The number of likely N-dealkylation sites (N-methyl/N-ethyl adjacent to an activating group) is 1. The van der Waals surface area contributed by atoms with E-state index in [4.69, 9.17) is 0 Å². The molecule has 3 nitrogen and oxygen atoms in total. The molecule has 0 bridgehead atoms. The van der Waals surface area contributed by atoms with Crippen LogP contribution in [0.15, 0.2) is 42.7 Å². The van der Waals surface area contributed by atoms with Gasteiger partial charge in [0.05, 0.1) is 12.6 Å². The van der Waals surface area contributed by atoms with Crippen molar-refractivity contribution < 1.29 is 0 Å². The molecule has 84 valence electrons. The minimum absolute atomic E-state index is 0.305. The average molecular weight is 215 g/mol. The molecule has 16 heavy (non-hydrogen) atoms. The van der Waals surface area contributed by atoms with Gasteiger partial charge in [0.25, 0.3) is 0 Å². The zero-order valence-electron chi connectivity index (χ0n) is 9.72. The van der Waals surface area contributed by atoms with E-state index < -0.39 is 0 Å². The quantitative estimate of drug-likeness (QED) is 0.847. The van der Waals surface area contributed by atoms with Gasteiger partial charge >= 0.3 is 0 Å². The predicted molar refractivity (Wildman–Crippen MR) is 65.2 cm³/mol. The number of benzene rings is 1. The molecule has 1 N–H and O–H groups in total. The normalized spacial score (nSPS) is 12.6. The molecule has 0 radical (unpaired) electrons. The summed E-state index contributed by atoms with van der Waals surface area (Å²) in [6.07, 6.45) is 3.79. The van der Waals surface area contributed by atoms with Crippen molar-refractivity contribution in [1.82, 2.24) is 15.1 Å². The van der Waals surface area contributed by atoms with Gasteiger partial charge in [-0.25, -0.2) is 0 Å². The largest absolute Gasteiger partial charge is 0.311 e. The van der Waals surface area contributed by atoms with E-state index in [-0.39, 0.29) is 0 Å². The molecule has 0 aliphatic rings. The Bertz CT molecular complexity index is 434. The Kier molecular flexibility index (Phi) is 3.37. The third-order valence-corrected chi connectivity index (χ3v) is 2.72. The van der Waals surface area contributed by atoms with Crippen LogP contribution in [0.3, 0.4) is 0 Å². The number of nitrogens with zero attached hydrogens (tertiary/aromatic N) is 2.